The third kappa shape index (κ3) is 6.26. The van der Waals surface area contributed by atoms with E-state index >= 15 is 0 Å². The van der Waals surface area contributed by atoms with Crippen LogP contribution >= 0.6 is 11.8 Å². The van der Waals surface area contributed by atoms with Crippen LogP contribution in [0.2, 0.25) is 0 Å². The van der Waals surface area contributed by atoms with Gasteiger partial charge in [0.2, 0.25) is 5.91 Å². The van der Waals surface area contributed by atoms with Crippen LogP contribution in [-0.4, -0.2) is 43.2 Å². The first-order chi connectivity index (χ1) is 15.2. The molecule has 2 aliphatic rings. The number of carbonyl (C=O) groups excluding carboxylic acids is 1. The lowest BCUT2D eigenvalue weighted by Crippen LogP contribution is -2.57. The van der Waals surface area contributed by atoms with Crippen molar-refractivity contribution in [2.75, 3.05) is 11.5 Å². The van der Waals surface area contributed by atoms with Crippen molar-refractivity contribution in [3.05, 3.63) is 30.3 Å². The van der Waals surface area contributed by atoms with Gasteiger partial charge >= 0.3 is 0 Å². The van der Waals surface area contributed by atoms with Crippen molar-refractivity contribution in [2.45, 2.75) is 75.3 Å². The number of hydrogen-bond donors (Lipinski definition) is 2. The predicted molar refractivity (Wildman–Crippen MR) is 128 cm³/mol. The van der Waals surface area contributed by atoms with E-state index in [4.69, 9.17) is 0 Å². The highest BCUT2D eigenvalue weighted by atomic mass is 32.2. The van der Waals surface area contributed by atoms with Gasteiger partial charge in [-0.25, -0.2) is 0 Å². The van der Waals surface area contributed by atoms with E-state index in [1.165, 1.54) is 12.1 Å². The van der Waals surface area contributed by atoms with Gasteiger partial charge in [-0.05, 0) is 68.1 Å². The fraction of sp³-hybridized carbons (Fsp3) is 0.609. The second kappa shape index (κ2) is 10.3. The second-order valence-electron chi connectivity index (χ2n) is 9.18. The minimum absolute atomic E-state index is 0.00415. The third-order valence-electron chi connectivity index (χ3n) is 6.43. The van der Waals surface area contributed by atoms with Gasteiger partial charge in [-0.15, -0.1) is 4.40 Å². The SMILES string of the molecule is CC(=NS(=O)(=O)c1ccccc1)N[C@@H](CC1(C)CCCC1)C(=O)NC1(C#N)CCSCC1. The summed E-state index contributed by atoms with van der Waals surface area (Å²) in [6, 6.07) is 9.68. The largest absolute Gasteiger partial charge is 0.361 e. The maximum Gasteiger partial charge on any atom is 0.283 e. The van der Waals surface area contributed by atoms with Gasteiger partial charge in [-0.3, -0.25) is 4.79 Å². The first-order valence-electron chi connectivity index (χ1n) is 11.1. The Labute approximate surface area is 195 Å². The zero-order chi connectivity index (χ0) is 23.2. The highest BCUT2D eigenvalue weighted by molar-refractivity contribution is 7.99. The van der Waals surface area contributed by atoms with E-state index in [0.29, 0.717) is 19.3 Å². The molecular weight excluding hydrogens is 444 g/mol. The third-order valence-corrected chi connectivity index (χ3v) is 8.80. The summed E-state index contributed by atoms with van der Waals surface area (Å²) >= 11 is 1.78. The Balaban J connectivity index is 1.80. The number of hydrogen-bond acceptors (Lipinski definition) is 5. The van der Waals surface area contributed by atoms with Crippen LogP contribution in [0.3, 0.4) is 0 Å². The van der Waals surface area contributed by atoms with Gasteiger partial charge < -0.3 is 10.6 Å². The molecule has 1 aromatic rings. The van der Waals surface area contributed by atoms with Crippen molar-refractivity contribution in [2.24, 2.45) is 9.81 Å². The van der Waals surface area contributed by atoms with Crippen LogP contribution in [0.1, 0.15) is 58.8 Å². The Morgan fingerprint density at radius 3 is 2.41 bits per heavy atom. The smallest absolute Gasteiger partial charge is 0.283 e. The van der Waals surface area contributed by atoms with Crippen molar-refractivity contribution < 1.29 is 13.2 Å². The van der Waals surface area contributed by atoms with Crippen LogP contribution in [-0.2, 0) is 14.8 Å². The number of nitrogens with one attached hydrogen (secondary N) is 2. The molecule has 0 aromatic heterocycles. The predicted octanol–water partition coefficient (Wildman–Crippen LogP) is 3.63. The van der Waals surface area contributed by atoms with Crippen LogP contribution in [0.5, 0.6) is 0 Å². The number of nitrogens with zero attached hydrogens (tertiary/aromatic N) is 2. The van der Waals surface area contributed by atoms with E-state index in [1.807, 2.05) is 0 Å². The van der Waals surface area contributed by atoms with Gasteiger partial charge in [-0.1, -0.05) is 38.0 Å². The molecule has 1 atom stereocenters. The van der Waals surface area contributed by atoms with E-state index in [1.54, 1.807) is 36.9 Å². The number of carbonyl (C=O) groups is 1. The zero-order valence-electron chi connectivity index (χ0n) is 18.8. The van der Waals surface area contributed by atoms with Crippen molar-refractivity contribution in [1.29, 1.82) is 5.26 Å². The van der Waals surface area contributed by atoms with Crippen LogP contribution < -0.4 is 10.6 Å². The highest BCUT2D eigenvalue weighted by Crippen LogP contribution is 2.41. The molecule has 32 heavy (non-hydrogen) atoms. The molecule has 2 fully saturated rings. The fourth-order valence-electron chi connectivity index (χ4n) is 4.55. The summed E-state index contributed by atoms with van der Waals surface area (Å²) in [5.74, 6) is 1.57. The van der Waals surface area contributed by atoms with Crippen molar-refractivity contribution in [1.82, 2.24) is 10.6 Å². The Morgan fingerprint density at radius 2 is 1.81 bits per heavy atom. The Hall–Kier alpha value is -2.05. The van der Waals surface area contributed by atoms with Crippen molar-refractivity contribution >= 4 is 33.5 Å². The molecule has 0 bridgehead atoms. The van der Waals surface area contributed by atoms with E-state index in [9.17, 15) is 18.5 Å². The van der Waals surface area contributed by atoms with E-state index < -0.39 is 21.6 Å². The van der Waals surface area contributed by atoms with Gasteiger partial charge in [-0.2, -0.15) is 25.4 Å². The molecule has 1 aliphatic heterocycles. The maximum absolute atomic E-state index is 13.3. The van der Waals surface area contributed by atoms with Crippen molar-refractivity contribution in [3.63, 3.8) is 0 Å². The van der Waals surface area contributed by atoms with Crippen LogP contribution in [0, 0.1) is 16.7 Å². The lowest BCUT2D eigenvalue weighted by Gasteiger charge is -2.35. The average molecular weight is 477 g/mol. The molecule has 7 nitrogen and oxygen atoms in total. The molecule has 1 heterocycles. The number of rotatable bonds is 7. The van der Waals surface area contributed by atoms with E-state index in [2.05, 4.69) is 28.0 Å². The lowest BCUT2D eigenvalue weighted by molar-refractivity contribution is -0.125. The monoisotopic (exact) mass is 476 g/mol. The summed E-state index contributed by atoms with van der Waals surface area (Å²) < 4.78 is 29.2. The maximum atomic E-state index is 13.3. The molecule has 9 heteroatoms. The summed E-state index contributed by atoms with van der Waals surface area (Å²) in [7, 11) is -3.88. The normalized spacial score (nSPS) is 21.3. The molecule has 1 saturated heterocycles. The number of amidine groups is 1. The Morgan fingerprint density at radius 1 is 1.19 bits per heavy atom. The highest BCUT2D eigenvalue weighted by Gasteiger charge is 2.39. The van der Waals surface area contributed by atoms with Gasteiger partial charge in [0.05, 0.1) is 11.0 Å². The number of benzene rings is 1. The molecule has 1 saturated carbocycles. The quantitative estimate of drug-likeness (QED) is 0.459. The minimum Gasteiger partial charge on any atom is -0.361 e. The van der Waals surface area contributed by atoms with Gasteiger partial charge in [0, 0.05) is 0 Å². The van der Waals surface area contributed by atoms with E-state index in [-0.39, 0.29) is 22.1 Å². The van der Waals surface area contributed by atoms with Crippen LogP contribution in [0.15, 0.2) is 39.6 Å². The Bertz CT molecular complexity index is 974. The minimum atomic E-state index is -3.88. The standard InChI is InChI=1S/C23H32N4O3S2/c1-18(27-32(29,30)19-8-4-3-5-9-19)25-20(16-22(2)10-6-7-11-22)21(28)26-23(17-24)12-14-31-15-13-23/h3-5,8-9,20H,6-7,10-16H2,1-2H3,(H,25,27)(H,26,28)/t20-/m0/s1. The number of amides is 1. The summed E-state index contributed by atoms with van der Waals surface area (Å²) in [6.45, 7) is 3.74. The molecule has 0 unspecified atom stereocenters. The first-order valence-corrected chi connectivity index (χ1v) is 13.7. The van der Waals surface area contributed by atoms with Crippen LogP contribution in [0.25, 0.3) is 0 Å². The number of sulfonamides is 1. The molecule has 2 N–H and O–H groups in total. The van der Waals surface area contributed by atoms with Gasteiger partial charge in [0.15, 0.2) is 0 Å². The molecule has 3 rings (SSSR count). The Kier molecular flexibility index (Phi) is 7.88. The fourth-order valence-corrected chi connectivity index (χ4v) is 6.76. The number of nitriles is 1. The summed E-state index contributed by atoms with van der Waals surface area (Å²) in [5, 5.41) is 15.8. The topological polar surface area (TPSA) is 111 Å². The molecule has 1 aromatic carbocycles. The second-order valence-corrected chi connectivity index (χ2v) is 12.0. The number of thioether (sulfide) groups is 1. The van der Waals surface area contributed by atoms with Crippen molar-refractivity contribution in [3.8, 4) is 6.07 Å². The summed E-state index contributed by atoms with van der Waals surface area (Å²) in [6.07, 6.45) is 6.08. The molecule has 174 valence electrons. The molecule has 1 aliphatic carbocycles. The van der Waals surface area contributed by atoms with Gasteiger partial charge in [0.1, 0.15) is 17.4 Å². The zero-order valence-corrected chi connectivity index (χ0v) is 20.4. The molecular formula is C23H32N4O3S2. The first kappa shape index (κ1) is 24.6. The molecule has 0 radical (unpaired) electrons. The molecule has 1 amide bonds. The average Bonchev–Trinajstić information content (AvgIpc) is 3.20. The molecule has 0 spiro atoms. The van der Waals surface area contributed by atoms with E-state index in [0.717, 1.165) is 37.2 Å². The van der Waals surface area contributed by atoms with Crippen LogP contribution in [0.4, 0.5) is 0 Å². The lowest BCUT2D eigenvalue weighted by atomic mass is 9.81. The summed E-state index contributed by atoms with van der Waals surface area (Å²) in [5.41, 5.74) is -0.865. The summed E-state index contributed by atoms with van der Waals surface area (Å²) in [4.78, 5) is 13.4. The van der Waals surface area contributed by atoms with Gasteiger partial charge in [0.25, 0.3) is 10.0 Å².